The second-order valence-corrected chi connectivity index (χ2v) is 7.99. The van der Waals surface area contributed by atoms with Crippen LogP contribution < -0.4 is 5.73 Å². The number of amides is 1. The van der Waals surface area contributed by atoms with Crippen LogP contribution in [-0.4, -0.2) is 32.9 Å². The third kappa shape index (κ3) is 3.24. The lowest BCUT2D eigenvalue weighted by molar-refractivity contribution is -0.129. The summed E-state index contributed by atoms with van der Waals surface area (Å²) >= 11 is 7.30. The van der Waals surface area contributed by atoms with E-state index in [1.165, 1.54) is 11.3 Å². The lowest BCUT2D eigenvalue weighted by Gasteiger charge is -2.26. The number of nitrogens with two attached hydrogens (primary N) is 1. The van der Waals surface area contributed by atoms with Gasteiger partial charge < -0.3 is 10.6 Å². The zero-order chi connectivity index (χ0) is 19.1. The predicted molar refractivity (Wildman–Crippen MR) is 106 cm³/mol. The molecule has 1 aromatic carbocycles. The number of nitrogen functional groups attached to an aromatic ring is 1. The molecule has 1 amide bonds. The summed E-state index contributed by atoms with van der Waals surface area (Å²) in [6, 6.07) is 7.21. The fourth-order valence-corrected chi connectivity index (χ4v) is 4.52. The van der Waals surface area contributed by atoms with Crippen LogP contribution in [0.2, 0.25) is 5.02 Å². The summed E-state index contributed by atoms with van der Waals surface area (Å²) in [5.74, 6) is -0.105. The van der Waals surface area contributed by atoms with Gasteiger partial charge in [0.05, 0.1) is 34.6 Å². The van der Waals surface area contributed by atoms with Gasteiger partial charge in [0, 0.05) is 29.6 Å². The Labute approximate surface area is 165 Å². The van der Waals surface area contributed by atoms with Gasteiger partial charge in [-0.3, -0.25) is 9.59 Å². The Bertz CT molecular complexity index is 1040. The number of fused-ring (bicyclic) bond motifs is 1. The van der Waals surface area contributed by atoms with Crippen molar-refractivity contribution in [2.24, 2.45) is 0 Å². The first kappa shape index (κ1) is 17.8. The highest BCUT2D eigenvalue weighted by molar-refractivity contribution is 7.16. The average Bonchev–Trinajstić information content (AvgIpc) is 3.25. The number of nitrogens with zero attached hydrogens (tertiary/aromatic N) is 3. The van der Waals surface area contributed by atoms with E-state index in [2.05, 4.69) is 5.10 Å². The smallest absolute Gasteiger partial charge is 0.219 e. The summed E-state index contributed by atoms with van der Waals surface area (Å²) in [5.41, 5.74) is 8.97. The van der Waals surface area contributed by atoms with Crippen molar-refractivity contribution in [1.29, 1.82) is 0 Å². The lowest BCUT2D eigenvalue weighted by atomic mass is 9.97. The monoisotopic (exact) mass is 400 g/mol. The number of carbonyl (C=O) groups is 2. The molecule has 0 bridgehead atoms. The molecule has 0 atom stereocenters. The van der Waals surface area contributed by atoms with Crippen LogP contribution >= 0.6 is 22.9 Å². The van der Waals surface area contributed by atoms with Gasteiger partial charge in [-0.15, -0.1) is 11.3 Å². The molecule has 0 unspecified atom stereocenters. The van der Waals surface area contributed by atoms with Crippen LogP contribution in [-0.2, 0) is 17.8 Å². The fourth-order valence-electron chi connectivity index (χ4n) is 3.26. The molecule has 3 aromatic rings. The van der Waals surface area contributed by atoms with Crippen LogP contribution in [0.15, 0.2) is 36.7 Å². The summed E-state index contributed by atoms with van der Waals surface area (Å²) in [6.45, 7) is 2.67. The van der Waals surface area contributed by atoms with Gasteiger partial charge in [0.1, 0.15) is 0 Å². The largest absolute Gasteiger partial charge is 0.390 e. The molecule has 2 aromatic heterocycles. The van der Waals surface area contributed by atoms with Gasteiger partial charge in [-0.25, -0.2) is 4.68 Å². The highest BCUT2D eigenvalue weighted by Crippen LogP contribution is 2.36. The summed E-state index contributed by atoms with van der Waals surface area (Å²) in [4.78, 5) is 27.5. The van der Waals surface area contributed by atoms with Gasteiger partial charge in [-0.05, 0) is 36.2 Å². The fraction of sp³-hybridized carbons (Fsp3) is 0.211. The summed E-state index contributed by atoms with van der Waals surface area (Å²) < 4.78 is 1.63. The molecule has 27 heavy (non-hydrogen) atoms. The normalized spacial score (nSPS) is 13.5. The molecule has 6 nitrogen and oxygen atoms in total. The van der Waals surface area contributed by atoms with Gasteiger partial charge in [0.2, 0.25) is 5.91 Å². The van der Waals surface area contributed by atoms with Gasteiger partial charge in [-0.2, -0.15) is 5.10 Å². The van der Waals surface area contributed by atoms with Crippen molar-refractivity contribution in [1.82, 2.24) is 14.7 Å². The van der Waals surface area contributed by atoms with Crippen molar-refractivity contribution in [3.05, 3.63) is 63.2 Å². The van der Waals surface area contributed by atoms with Crippen molar-refractivity contribution in [2.45, 2.75) is 19.9 Å². The van der Waals surface area contributed by atoms with Crippen molar-refractivity contribution < 1.29 is 9.59 Å². The Hall–Kier alpha value is -2.64. The van der Waals surface area contributed by atoms with Crippen molar-refractivity contribution in [2.75, 3.05) is 12.3 Å². The highest BCUT2D eigenvalue weighted by atomic mass is 35.5. The molecule has 0 fully saturated rings. The summed E-state index contributed by atoms with van der Waals surface area (Å²) in [7, 11) is 0. The third-order valence-electron chi connectivity index (χ3n) is 4.69. The zero-order valence-electron chi connectivity index (χ0n) is 14.6. The van der Waals surface area contributed by atoms with E-state index in [1.54, 1.807) is 41.0 Å². The first-order valence-electron chi connectivity index (χ1n) is 8.45. The molecule has 0 aliphatic carbocycles. The Kier molecular flexibility index (Phi) is 4.49. The molecule has 4 rings (SSSR count). The Morgan fingerprint density at radius 1 is 1.26 bits per heavy atom. The van der Waals surface area contributed by atoms with Gasteiger partial charge in [0.25, 0.3) is 0 Å². The Morgan fingerprint density at radius 3 is 2.70 bits per heavy atom. The molecule has 0 radical (unpaired) electrons. The van der Waals surface area contributed by atoms with Gasteiger partial charge in [-0.1, -0.05) is 11.6 Å². The van der Waals surface area contributed by atoms with Crippen LogP contribution in [0, 0.1) is 0 Å². The number of rotatable bonds is 3. The quantitative estimate of drug-likeness (QED) is 0.684. The van der Waals surface area contributed by atoms with Crippen molar-refractivity contribution in [3.8, 4) is 5.69 Å². The van der Waals surface area contributed by atoms with Crippen LogP contribution in [0.25, 0.3) is 5.69 Å². The van der Waals surface area contributed by atoms with Crippen molar-refractivity contribution in [3.63, 3.8) is 0 Å². The van der Waals surface area contributed by atoms with Crippen LogP contribution in [0.4, 0.5) is 5.00 Å². The van der Waals surface area contributed by atoms with Gasteiger partial charge >= 0.3 is 0 Å². The molecular weight excluding hydrogens is 384 g/mol. The molecule has 1 aliphatic rings. The first-order chi connectivity index (χ1) is 12.9. The number of benzene rings is 1. The maximum atomic E-state index is 13.1. The minimum Gasteiger partial charge on any atom is -0.390 e. The second-order valence-electron chi connectivity index (χ2n) is 6.41. The van der Waals surface area contributed by atoms with E-state index >= 15 is 0 Å². The third-order valence-corrected chi connectivity index (χ3v) is 5.99. The Morgan fingerprint density at radius 2 is 2.00 bits per heavy atom. The van der Waals surface area contributed by atoms with E-state index in [4.69, 9.17) is 17.3 Å². The zero-order valence-corrected chi connectivity index (χ0v) is 16.2. The molecule has 0 saturated heterocycles. The number of halogens is 1. The summed E-state index contributed by atoms with van der Waals surface area (Å²) in [5, 5.41) is 5.42. The number of ketones is 1. The molecule has 8 heteroatoms. The highest BCUT2D eigenvalue weighted by Gasteiger charge is 2.28. The number of carbonyl (C=O) groups excluding carboxylic acids is 2. The van der Waals surface area contributed by atoms with E-state index in [-0.39, 0.29) is 11.7 Å². The molecule has 2 N–H and O–H groups in total. The molecule has 138 valence electrons. The van der Waals surface area contributed by atoms with Crippen LogP contribution in [0.5, 0.6) is 0 Å². The minimum absolute atomic E-state index is 0.0322. The molecular formula is C19H17ClN4O2S. The number of thiophene rings is 1. The predicted octanol–water partition coefficient (Wildman–Crippen LogP) is 3.31. The Balaban J connectivity index is 1.65. The van der Waals surface area contributed by atoms with Gasteiger partial charge in [0.15, 0.2) is 5.78 Å². The van der Waals surface area contributed by atoms with E-state index in [0.717, 1.165) is 16.1 Å². The van der Waals surface area contributed by atoms with Crippen molar-refractivity contribution >= 4 is 39.6 Å². The second kappa shape index (κ2) is 6.83. The number of hydrogen-bond acceptors (Lipinski definition) is 5. The molecule has 3 heterocycles. The number of aromatic nitrogens is 2. The number of hydrogen-bond donors (Lipinski definition) is 1. The number of anilines is 1. The van der Waals surface area contributed by atoms with E-state index < -0.39 is 0 Å². The molecule has 1 aliphatic heterocycles. The van der Waals surface area contributed by atoms with Crippen LogP contribution in [0.3, 0.4) is 0 Å². The summed E-state index contributed by atoms with van der Waals surface area (Å²) in [6.07, 6.45) is 3.87. The van der Waals surface area contributed by atoms with E-state index in [0.29, 0.717) is 40.7 Å². The SMILES string of the molecule is CC(=O)N1CCc2c(sc(N)c2C(=O)c2cnn(-c3ccc(Cl)cc3)c2)C1. The minimum atomic E-state index is -0.138. The maximum absolute atomic E-state index is 13.1. The van der Waals surface area contributed by atoms with E-state index in [1.807, 2.05) is 12.1 Å². The maximum Gasteiger partial charge on any atom is 0.219 e. The molecule has 0 spiro atoms. The first-order valence-corrected chi connectivity index (χ1v) is 9.64. The van der Waals surface area contributed by atoms with E-state index in [9.17, 15) is 9.59 Å². The topological polar surface area (TPSA) is 81.2 Å². The molecule has 0 saturated carbocycles. The standard InChI is InChI=1S/C19H17ClN4O2S/c1-11(25)23-7-6-15-16(10-23)27-19(21)17(15)18(26)12-8-22-24(9-12)14-4-2-13(20)3-5-14/h2-5,8-9H,6-7,10,21H2,1H3. The average molecular weight is 401 g/mol. The lowest BCUT2D eigenvalue weighted by Crippen LogP contribution is -2.33. The van der Waals surface area contributed by atoms with Crippen LogP contribution in [0.1, 0.15) is 33.3 Å².